The van der Waals surface area contributed by atoms with Crippen LogP contribution in [0.15, 0.2) is 41.4 Å². The molecule has 0 atom stereocenters. The van der Waals surface area contributed by atoms with Crippen molar-refractivity contribution in [1.29, 1.82) is 0 Å². The monoisotopic (exact) mass is 357 g/mol. The number of thioether (sulfide) groups is 1. The number of nitrogens with zero attached hydrogens (tertiary/aromatic N) is 5. The Morgan fingerprint density at radius 1 is 1.12 bits per heavy atom. The first-order valence-electron chi connectivity index (χ1n) is 8.27. The summed E-state index contributed by atoms with van der Waals surface area (Å²) in [7, 11) is 3.97. The highest BCUT2D eigenvalue weighted by molar-refractivity contribution is 7.98. The van der Waals surface area contributed by atoms with Gasteiger partial charge >= 0.3 is 0 Å². The maximum absolute atomic E-state index is 12.7. The summed E-state index contributed by atoms with van der Waals surface area (Å²) < 4.78 is 0. The van der Waals surface area contributed by atoms with Crippen molar-refractivity contribution >= 4 is 29.2 Å². The molecule has 0 unspecified atom stereocenters. The van der Waals surface area contributed by atoms with Crippen LogP contribution in [-0.4, -0.2) is 67.5 Å². The summed E-state index contributed by atoms with van der Waals surface area (Å²) in [6.45, 7) is 2.91. The lowest BCUT2D eigenvalue weighted by molar-refractivity contribution is 0.0746. The predicted octanol–water partition coefficient (Wildman–Crippen LogP) is 2.23. The first kappa shape index (κ1) is 17.5. The van der Waals surface area contributed by atoms with Crippen LogP contribution in [0.4, 0.5) is 11.5 Å². The van der Waals surface area contributed by atoms with Gasteiger partial charge in [-0.05, 0) is 30.5 Å². The second-order valence-corrected chi connectivity index (χ2v) is 7.05. The molecule has 2 heterocycles. The number of carbonyl (C=O) groups excluding carboxylic acids is 1. The van der Waals surface area contributed by atoms with Gasteiger partial charge in [-0.25, -0.2) is 0 Å². The minimum Gasteiger partial charge on any atom is -0.376 e. The SMILES string of the molecule is CSc1ccc(C(=O)N2CCN(c3cc(N(C)C)cnn3)CC2)cc1. The molecule has 1 fully saturated rings. The van der Waals surface area contributed by atoms with Gasteiger partial charge in [0.25, 0.3) is 5.91 Å². The van der Waals surface area contributed by atoms with Gasteiger partial charge in [0.1, 0.15) is 0 Å². The molecule has 132 valence electrons. The number of hydrogen-bond donors (Lipinski definition) is 0. The second-order valence-electron chi connectivity index (χ2n) is 6.17. The molecular formula is C18H23N5OS. The zero-order valence-electron chi connectivity index (χ0n) is 14.8. The van der Waals surface area contributed by atoms with Crippen molar-refractivity contribution in [1.82, 2.24) is 15.1 Å². The van der Waals surface area contributed by atoms with Gasteiger partial charge in [0.05, 0.1) is 11.9 Å². The first-order valence-corrected chi connectivity index (χ1v) is 9.49. The summed E-state index contributed by atoms with van der Waals surface area (Å²) in [6.07, 6.45) is 3.78. The van der Waals surface area contributed by atoms with E-state index in [0.717, 1.165) is 30.2 Å². The average molecular weight is 357 g/mol. The molecule has 0 aliphatic carbocycles. The summed E-state index contributed by atoms with van der Waals surface area (Å²) in [4.78, 5) is 19.9. The van der Waals surface area contributed by atoms with Crippen molar-refractivity contribution in [3.05, 3.63) is 42.1 Å². The number of rotatable bonds is 4. The van der Waals surface area contributed by atoms with Crippen molar-refractivity contribution in [2.75, 3.05) is 56.3 Å². The van der Waals surface area contributed by atoms with Crippen LogP contribution in [0, 0.1) is 0 Å². The van der Waals surface area contributed by atoms with E-state index in [1.54, 1.807) is 18.0 Å². The molecule has 0 saturated carbocycles. The maximum Gasteiger partial charge on any atom is 0.253 e. The highest BCUT2D eigenvalue weighted by Crippen LogP contribution is 2.20. The van der Waals surface area contributed by atoms with E-state index < -0.39 is 0 Å². The molecule has 6 nitrogen and oxygen atoms in total. The minimum atomic E-state index is 0.0976. The molecule has 1 aromatic heterocycles. The maximum atomic E-state index is 12.7. The molecule has 1 saturated heterocycles. The smallest absolute Gasteiger partial charge is 0.253 e. The molecule has 0 radical (unpaired) electrons. The number of amides is 1. The lowest BCUT2D eigenvalue weighted by Gasteiger charge is -2.35. The van der Waals surface area contributed by atoms with Crippen LogP contribution < -0.4 is 9.80 Å². The van der Waals surface area contributed by atoms with Crippen molar-refractivity contribution in [3.8, 4) is 0 Å². The third-order valence-electron chi connectivity index (χ3n) is 4.37. The second kappa shape index (κ2) is 7.74. The van der Waals surface area contributed by atoms with Crippen LogP contribution in [0.5, 0.6) is 0 Å². The van der Waals surface area contributed by atoms with Gasteiger partial charge < -0.3 is 14.7 Å². The van der Waals surface area contributed by atoms with E-state index in [1.165, 1.54) is 4.90 Å². The summed E-state index contributed by atoms with van der Waals surface area (Å²) in [5.74, 6) is 0.961. The van der Waals surface area contributed by atoms with Crippen molar-refractivity contribution in [2.24, 2.45) is 0 Å². The Bertz CT molecular complexity index is 727. The Morgan fingerprint density at radius 3 is 2.40 bits per heavy atom. The average Bonchev–Trinajstić information content (AvgIpc) is 2.67. The van der Waals surface area contributed by atoms with Gasteiger partial charge in [-0.2, -0.15) is 5.10 Å². The summed E-state index contributed by atoms with van der Waals surface area (Å²) in [6, 6.07) is 9.84. The van der Waals surface area contributed by atoms with E-state index in [0.29, 0.717) is 13.1 Å². The summed E-state index contributed by atoms with van der Waals surface area (Å²) >= 11 is 1.68. The van der Waals surface area contributed by atoms with Gasteiger partial charge in [-0.15, -0.1) is 16.9 Å². The predicted molar refractivity (Wildman–Crippen MR) is 103 cm³/mol. The Kier molecular flexibility index (Phi) is 5.43. The molecule has 0 spiro atoms. The highest BCUT2D eigenvalue weighted by atomic mass is 32.2. The van der Waals surface area contributed by atoms with Gasteiger partial charge in [0.15, 0.2) is 5.82 Å². The van der Waals surface area contributed by atoms with Crippen LogP contribution >= 0.6 is 11.8 Å². The lowest BCUT2D eigenvalue weighted by atomic mass is 10.2. The van der Waals surface area contributed by atoms with E-state index in [2.05, 4.69) is 15.1 Å². The quantitative estimate of drug-likeness (QED) is 0.782. The van der Waals surface area contributed by atoms with Crippen LogP contribution in [0.25, 0.3) is 0 Å². The fourth-order valence-corrected chi connectivity index (χ4v) is 3.21. The molecule has 1 aliphatic heterocycles. The molecule has 0 bridgehead atoms. The number of anilines is 2. The molecule has 7 heteroatoms. The largest absolute Gasteiger partial charge is 0.376 e. The number of hydrogen-bond acceptors (Lipinski definition) is 6. The molecule has 25 heavy (non-hydrogen) atoms. The molecule has 1 amide bonds. The number of benzene rings is 1. The van der Waals surface area contributed by atoms with E-state index in [-0.39, 0.29) is 5.91 Å². The van der Waals surface area contributed by atoms with Crippen LogP contribution in [0.3, 0.4) is 0 Å². The Morgan fingerprint density at radius 2 is 1.80 bits per heavy atom. The van der Waals surface area contributed by atoms with Gasteiger partial charge in [-0.1, -0.05) is 0 Å². The molecule has 1 aromatic carbocycles. The standard InChI is InChI=1S/C18H23N5OS/c1-21(2)15-12-17(20-19-13-15)22-8-10-23(11-9-22)18(24)14-4-6-16(25-3)7-5-14/h4-7,12-13H,8-11H2,1-3H3. The van der Waals surface area contributed by atoms with Crippen LogP contribution in [-0.2, 0) is 0 Å². The van der Waals surface area contributed by atoms with E-state index in [9.17, 15) is 4.79 Å². The van der Waals surface area contributed by atoms with E-state index in [4.69, 9.17) is 0 Å². The fourth-order valence-electron chi connectivity index (χ4n) is 2.80. The highest BCUT2D eigenvalue weighted by Gasteiger charge is 2.23. The Labute approximate surface area is 152 Å². The normalized spacial score (nSPS) is 14.5. The Hall–Kier alpha value is -2.28. The number of aromatic nitrogens is 2. The molecule has 1 aliphatic rings. The zero-order valence-corrected chi connectivity index (χ0v) is 15.7. The molecular weight excluding hydrogens is 334 g/mol. The molecule has 3 rings (SSSR count). The van der Waals surface area contributed by atoms with Gasteiger partial charge in [0.2, 0.25) is 0 Å². The lowest BCUT2D eigenvalue weighted by Crippen LogP contribution is -2.49. The van der Waals surface area contributed by atoms with Gasteiger partial charge in [0, 0.05) is 56.8 Å². The third-order valence-corrected chi connectivity index (χ3v) is 5.11. The first-order chi connectivity index (χ1) is 12.1. The van der Waals surface area contributed by atoms with Crippen LogP contribution in [0.1, 0.15) is 10.4 Å². The number of piperazine rings is 1. The summed E-state index contributed by atoms with van der Waals surface area (Å²) in [5.41, 5.74) is 1.78. The van der Waals surface area contributed by atoms with Crippen molar-refractivity contribution in [3.63, 3.8) is 0 Å². The van der Waals surface area contributed by atoms with Crippen molar-refractivity contribution < 1.29 is 4.79 Å². The zero-order chi connectivity index (χ0) is 17.8. The van der Waals surface area contributed by atoms with Crippen molar-refractivity contribution in [2.45, 2.75) is 4.90 Å². The van der Waals surface area contributed by atoms with E-state index >= 15 is 0 Å². The Balaban J connectivity index is 1.63. The minimum absolute atomic E-state index is 0.0976. The van der Waals surface area contributed by atoms with Crippen LogP contribution in [0.2, 0.25) is 0 Å². The molecule has 2 aromatic rings. The molecule has 0 N–H and O–H groups in total. The third kappa shape index (κ3) is 4.04. The van der Waals surface area contributed by atoms with E-state index in [1.807, 2.05) is 60.5 Å². The number of carbonyl (C=O) groups is 1. The fraction of sp³-hybridized carbons (Fsp3) is 0.389. The topological polar surface area (TPSA) is 52.6 Å². The van der Waals surface area contributed by atoms with Gasteiger partial charge in [-0.3, -0.25) is 4.79 Å². The summed E-state index contributed by atoms with van der Waals surface area (Å²) in [5, 5.41) is 8.32.